The van der Waals surface area contributed by atoms with E-state index in [2.05, 4.69) is 5.32 Å². The second-order valence-corrected chi connectivity index (χ2v) is 3.85. The van der Waals surface area contributed by atoms with Gasteiger partial charge in [0.05, 0.1) is 6.61 Å². The number of carboxylic acid groups (broad SMARTS) is 1. The largest absolute Gasteiger partial charge is 0.480 e. The fraction of sp³-hybridized carbons (Fsp3) is 0.778. The molecule has 0 bridgehead atoms. The SMILES string of the molecule is CN(CC1CC1)C(=O)N[C@@H](CO)C(=O)O. The number of aliphatic hydroxyl groups excluding tert-OH is 1. The van der Waals surface area contributed by atoms with E-state index in [-0.39, 0.29) is 0 Å². The summed E-state index contributed by atoms with van der Waals surface area (Å²) in [5, 5.41) is 19.5. The molecule has 0 radical (unpaired) electrons. The lowest BCUT2D eigenvalue weighted by Gasteiger charge is -2.20. The van der Waals surface area contributed by atoms with Crippen LogP contribution in [-0.2, 0) is 4.79 Å². The predicted octanol–water partition coefficient (Wildman–Crippen LogP) is -0.517. The van der Waals surface area contributed by atoms with Gasteiger partial charge in [0.15, 0.2) is 6.04 Å². The zero-order valence-electron chi connectivity index (χ0n) is 8.64. The van der Waals surface area contributed by atoms with E-state index in [4.69, 9.17) is 10.2 Å². The summed E-state index contributed by atoms with van der Waals surface area (Å²) in [6.45, 7) is 0.0436. The van der Waals surface area contributed by atoms with E-state index in [1.165, 1.54) is 4.90 Å². The zero-order valence-corrected chi connectivity index (χ0v) is 8.64. The number of aliphatic hydroxyl groups is 1. The summed E-state index contributed by atoms with van der Waals surface area (Å²) in [5.41, 5.74) is 0. The molecule has 6 nitrogen and oxygen atoms in total. The molecule has 0 spiro atoms. The van der Waals surface area contributed by atoms with Gasteiger partial charge in [0, 0.05) is 13.6 Å². The van der Waals surface area contributed by atoms with Crippen LogP contribution in [0.3, 0.4) is 0 Å². The van der Waals surface area contributed by atoms with Crippen LogP contribution in [0.4, 0.5) is 4.79 Å². The quantitative estimate of drug-likeness (QED) is 0.577. The number of nitrogens with one attached hydrogen (secondary N) is 1. The highest BCUT2D eigenvalue weighted by molar-refractivity contribution is 5.82. The predicted molar refractivity (Wildman–Crippen MR) is 52.4 cm³/mol. The highest BCUT2D eigenvalue weighted by Gasteiger charge is 2.26. The summed E-state index contributed by atoms with van der Waals surface area (Å²) in [7, 11) is 1.62. The first-order chi connectivity index (χ1) is 7.04. The van der Waals surface area contributed by atoms with Crippen molar-refractivity contribution in [1.82, 2.24) is 10.2 Å². The number of carbonyl (C=O) groups is 2. The van der Waals surface area contributed by atoms with E-state index in [1.54, 1.807) is 7.05 Å². The van der Waals surface area contributed by atoms with Crippen molar-refractivity contribution in [2.45, 2.75) is 18.9 Å². The molecule has 0 aliphatic heterocycles. The molecule has 15 heavy (non-hydrogen) atoms. The molecule has 0 unspecified atom stereocenters. The number of carboxylic acids is 1. The van der Waals surface area contributed by atoms with Gasteiger partial charge in [-0.3, -0.25) is 0 Å². The third kappa shape index (κ3) is 3.75. The summed E-state index contributed by atoms with van der Waals surface area (Å²) < 4.78 is 0. The first-order valence-corrected chi connectivity index (χ1v) is 4.90. The van der Waals surface area contributed by atoms with E-state index in [0.717, 1.165) is 12.8 Å². The van der Waals surface area contributed by atoms with Crippen LogP contribution < -0.4 is 5.32 Å². The molecule has 1 atom stereocenters. The number of aliphatic carboxylic acids is 1. The molecule has 1 rings (SSSR count). The third-order valence-corrected chi connectivity index (χ3v) is 2.35. The Labute approximate surface area is 87.9 Å². The molecule has 3 N–H and O–H groups in total. The second-order valence-electron chi connectivity index (χ2n) is 3.85. The molecule has 1 aliphatic rings. The van der Waals surface area contributed by atoms with Crippen molar-refractivity contribution in [3.05, 3.63) is 0 Å². The van der Waals surface area contributed by atoms with Crippen LogP contribution >= 0.6 is 0 Å². The van der Waals surface area contributed by atoms with E-state index in [1.807, 2.05) is 0 Å². The molecule has 0 aromatic rings. The Balaban J connectivity index is 2.34. The normalized spacial score (nSPS) is 16.9. The van der Waals surface area contributed by atoms with Crippen LogP contribution in [0.1, 0.15) is 12.8 Å². The fourth-order valence-electron chi connectivity index (χ4n) is 1.22. The molecule has 0 saturated heterocycles. The third-order valence-electron chi connectivity index (χ3n) is 2.35. The summed E-state index contributed by atoms with van der Waals surface area (Å²) in [6, 6.07) is -1.68. The van der Waals surface area contributed by atoms with Crippen LogP contribution in [-0.4, -0.2) is 53.4 Å². The molecular weight excluding hydrogens is 200 g/mol. The van der Waals surface area contributed by atoms with Crippen molar-refractivity contribution in [1.29, 1.82) is 0 Å². The van der Waals surface area contributed by atoms with Crippen LogP contribution in [0.2, 0.25) is 0 Å². The average molecular weight is 216 g/mol. The Morgan fingerprint density at radius 3 is 2.53 bits per heavy atom. The van der Waals surface area contributed by atoms with E-state index in [9.17, 15) is 9.59 Å². The fourth-order valence-corrected chi connectivity index (χ4v) is 1.22. The van der Waals surface area contributed by atoms with Gasteiger partial charge in [-0.25, -0.2) is 9.59 Å². The Hall–Kier alpha value is -1.30. The Kier molecular flexibility index (Phi) is 3.90. The number of urea groups is 1. The Morgan fingerprint density at radius 2 is 2.13 bits per heavy atom. The van der Waals surface area contributed by atoms with Crippen molar-refractivity contribution >= 4 is 12.0 Å². The smallest absolute Gasteiger partial charge is 0.328 e. The molecule has 6 heteroatoms. The lowest BCUT2D eigenvalue weighted by atomic mass is 10.3. The van der Waals surface area contributed by atoms with Crippen LogP contribution in [0, 0.1) is 5.92 Å². The number of amides is 2. The minimum atomic E-state index is -1.23. The van der Waals surface area contributed by atoms with Crippen molar-refractivity contribution in [3.8, 4) is 0 Å². The molecule has 1 fully saturated rings. The molecule has 86 valence electrons. The zero-order chi connectivity index (χ0) is 11.4. The topological polar surface area (TPSA) is 89.9 Å². The summed E-state index contributed by atoms with van der Waals surface area (Å²) >= 11 is 0. The number of nitrogens with zero attached hydrogens (tertiary/aromatic N) is 1. The first-order valence-electron chi connectivity index (χ1n) is 4.90. The van der Waals surface area contributed by atoms with Gasteiger partial charge in [-0.2, -0.15) is 0 Å². The summed E-state index contributed by atoms with van der Waals surface area (Å²) in [5.74, 6) is -0.677. The number of rotatable bonds is 5. The van der Waals surface area contributed by atoms with Crippen molar-refractivity contribution in [2.24, 2.45) is 5.92 Å². The van der Waals surface area contributed by atoms with Crippen molar-refractivity contribution in [3.63, 3.8) is 0 Å². The van der Waals surface area contributed by atoms with Gasteiger partial charge in [-0.15, -0.1) is 0 Å². The monoisotopic (exact) mass is 216 g/mol. The Morgan fingerprint density at radius 1 is 1.53 bits per heavy atom. The van der Waals surface area contributed by atoms with Crippen molar-refractivity contribution < 1.29 is 19.8 Å². The molecule has 2 amide bonds. The van der Waals surface area contributed by atoms with E-state index >= 15 is 0 Å². The minimum absolute atomic E-state index is 0.455. The second kappa shape index (κ2) is 4.97. The minimum Gasteiger partial charge on any atom is -0.480 e. The standard InChI is InChI=1S/C9H16N2O4/c1-11(4-6-2-3-6)9(15)10-7(5-12)8(13)14/h6-7,12H,2-5H2,1H3,(H,10,15)(H,13,14)/t7-/m0/s1. The van der Waals surface area contributed by atoms with Crippen LogP contribution in [0.25, 0.3) is 0 Å². The van der Waals surface area contributed by atoms with Gasteiger partial charge in [0.25, 0.3) is 0 Å². The first kappa shape index (κ1) is 11.8. The Bertz CT molecular complexity index is 252. The van der Waals surface area contributed by atoms with Crippen LogP contribution in [0.5, 0.6) is 0 Å². The molecule has 1 saturated carbocycles. The summed E-state index contributed by atoms with van der Waals surface area (Å²) in [6.07, 6.45) is 2.25. The van der Waals surface area contributed by atoms with Gasteiger partial charge < -0.3 is 20.4 Å². The van der Waals surface area contributed by atoms with Gasteiger partial charge in [0.2, 0.25) is 0 Å². The number of hydrogen-bond acceptors (Lipinski definition) is 3. The highest BCUT2D eigenvalue weighted by Crippen LogP contribution is 2.29. The molecule has 1 aliphatic carbocycles. The molecular formula is C9H16N2O4. The van der Waals surface area contributed by atoms with Gasteiger partial charge in [-0.1, -0.05) is 0 Å². The highest BCUT2D eigenvalue weighted by atomic mass is 16.4. The maximum atomic E-state index is 11.4. The van der Waals surface area contributed by atoms with Gasteiger partial charge in [0.1, 0.15) is 0 Å². The number of hydrogen-bond donors (Lipinski definition) is 3. The van der Waals surface area contributed by atoms with Gasteiger partial charge in [-0.05, 0) is 18.8 Å². The number of carbonyl (C=O) groups excluding carboxylic acids is 1. The van der Waals surface area contributed by atoms with Crippen LogP contribution in [0.15, 0.2) is 0 Å². The molecule has 0 aromatic carbocycles. The maximum absolute atomic E-state index is 11.4. The van der Waals surface area contributed by atoms with E-state index in [0.29, 0.717) is 12.5 Å². The van der Waals surface area contributed by atoms with E-state index < -0.39 is 24.6 Å². The maximum Gasteiger partial charge on any atom is 0.328 e. The molecule has 0 heterocycles. The molecule has 0 aromatic heterocycles. The lowest BCUT2D eigenvalue weighted by molar-refractivity contribution is -0.140. The lowest BCUT2D eigenvalue weighted by Crippen LogP contribution is -2.48. The van der Waals surface area contributed by atoms with Gasteiger partial charge >= 0.3 is 12.0 Å². The summed E-state index contributed by atoms with van der Waals surface area (Å²) in [4.78, 5) is 23.4. The van der Waals surface area contributed by atoms with Crippen molar-refractivity contribution in [2.75, 3.05) is 20.2 Å². The average Bonchev–Trinajstić information content (AvgIpc) is 2.96.